The van der Waals surface area contributed by atoms with Crippen LogP contribution in [0.25, 0.3) is 95.6 Å². The van der Waals surface area contributed by atoms with Crippen molar-refractivity contribution in [3.8, 4) is 10.8 Å². The predicted octanol–water partition coefficient (Wildman–Crippen LogP) is 12.0. The largest absolute Gasteiger partial charge is 0.309 e. The molecule has 0 N–H and O–H groups in total. The number of aromatic nitrogens is 3. The molecule has 0 fully saturated rings. The number of hydrogen-bond donors (Lipinski definition) is 0. The second-order valence-electron chi connectivity index (χ2n) is 12.0. The minimum absolute atomic E-state index is 1.00. The molecule has 0 unspecified atom stereocenters. The minimum Gasteiger partial charge on any atom is -0.309 e. The van der Waals surface area contributed by atoms with E-state index in [1.165, 1.54) is 79.3 Å². The summed E-state index contributed by atoms with van der Waals surface area (Å²) in [5.41, 5.74) is 7.04. The topological polar surface area (TPSA) is 22.8 Å². The number of fused-ring (bicyclic) bond motifs is 13. The molecule has 0 spiro atoms. The molecule has 0 amide bonds. The number of thiophene rings is 1. The Morgan fingerprint density at radius 3 is 1.98 bits per heavy atom. The van der Waals surface area contributed by atoms with E-state index in [2.05, 4.69) is 149 Å². The van der Waals surface area contributed by atoms with Crippen LogP contribution < -0.4 is 0 Å². The van der Waals surface area contributed by atoms with Crippen LogP contribution in [0.3, 0.4) is 0 Å². The van der Waals surface area contributed by atoms with Gasteiger partial charge in [-0.25, -0.2) is 4.98 Å². The lowest BCUT2D eigenvalue weighted by Gasteiger charge is -2.09. The molecule has 11 aromatic rings. The lowest BCUT2D eigenvalue weighted by atomic mass is 10.0. The molecule has 0 bridgehead atoms. The van der Waals surface area contributed by atoms with E-state index in [-0.39, 0.29) is 0 Å². The van der Waals surface area contributed by atoms with Crippen LogP contribution in [0.2, 0.25) is 0 Å². The third-order valence-electron chi connectivity index (χ3n) is 9.56. The summed E-state index contributed by atoms with van der Waals surface area (Å²) in [5, 5.41) is 11.1. The van der Waals surface area contributed by atoms with Crippen LogP contribution in [0.15, 0.2) is 140 Å². The molecule has 0 saturated heterocycles. The van der Waals surface area contributed by atoms with E-state index in [1.807, 2.05) is 11.3 Å². The first-order chi connectivity index (χ1) is 22.8. The molecule has 0 aliphatic rings. The summed E-state index contributed by atoms with van der Waals surface area (Å²) in [5.74, 6) is 0. The van der Waals surface area contributed by atoms with Crippen molar-refractivity contribution in [3.05, 3.63) is 140 Å². The molecule has 214 valence electrons. The Morgan fingerprint density at radius 1 is 0.413 bits per heavy atom. The van der Waals surface area contributed by atoms with E-state index in [0.29, 0.717) is 0 Å². The van der Waals surface area contributed by atoms with E-state index in [0.717, 1.165) is 16.3 Å². The molecule has 4 aromatic heterocycles. The molecule has 46 heavy (non-hydrogen) atoms. The summed E-state index contributed by atoms with van der Waals surface area (Å²) >= 11 is 3.62. The van der Waals surface area contributed by atoms with Crippen molar-refractivity contribution in [1.29, 1.82) is 0 Å². The van der Waals surface area contributed by atoms with Crippen LogP contribution in [-0.2, 0) is 0 Å². The van der Waals surface area contributed by atoms with Crippen LogP contribution in [0.4, 0.5) is 0 Å². The molecule has 0 saturated carbocycles. The summed E-state index contributed by atoms with van der Waals surface area (Å²) in [7, 11) is 0. The zero-order valence-corrected chi connectivity index (χ0v) is 26.1. The molecule has 7 aromatic carbocycles. The van der Waals surface area contributed by atoms with Gasteiger partial charge < -0.3 is 4.57 Å². The predicted molar refractivity (Wildman–Crippen MR) is 199 cm³/mol. The fourth-order valence-corrected chi connectivity index (χ4v) is 9.72. The van der Waals surface area contributed by atoms with Gasteiger partial charge in [-0.1, -0.05) is 96.3 Å². The first-order valence-corrected chi connectivity index (χ1v) is 17.1. The van der Waals surface area contributed by atoms with Gasteiger partial charge in [0.1, 0.15) is 0 Å². The summed E-state index contributed by atoms with van der Waals surface area (Å²) in [6.07, 6.45) is 0. The van der Waals surface area contributed by atoms with Gasteiger partial charge in [0.15, 0.2) is 5.13 Å². The summed E-state index contributed by atoms with van der Waals surface area (Å²) in [6, 6.07) is 50.9. The van der Waals surface area contributed by atoms with Crippen LogP contribution >= 0.6 is 22.7 Å². The molecule has 3 nitrogen and oxygen atoms in total. The summed E-state index contributed by atoms with van der Waals surface area (Å²) in [6.45, 7) is 0. The van der Waals surface area contributed by atoms with Crippen molar-refractivity contribution in [3.63, 3.8) is 0 Å². The van der Waals surface area contributed by atoms with Gasteiger partial charge in [-0.05, 0) is 65.4 Å². The Hall–Kier alpha value is -5.49. The van der Waals surface area contributed by atoms with Crippen LogP contribution in [0, 0.1) is 0 Å². The van der Waals surface area contributed by atoms with Gasteiger partial charge in [-0.3, -0.25) is 4.57 Å². The summed E-state index contributed by atoms with van der Waals surface area (Å²) < 4.78 is 8.60. The Labute approximate surface area is 270 Å². The lowest BCUT2D eigenvalue weighted by molar-refractivity contribution is 1.14. The number of hydrogen-bond acceptors (Lipinski definition) is 3. The molecule has 0 atom stereocenters. The summed E-state index contributed by atoms with van der Waals surface area (Å²) in [4.78, 5) is 5.37. The highest BCUT2D eigenvalue weighted by molar-refractivity contribution is 7.26. The quantitative estimate of drug-likeness (QED) is 0.188. The highest BCUT2D eigenvalue weighted by atomic mass is 32.1. The smallest absolute Gasteiger partial charge is 0.195 e. The second-order valence-corrected chi connectivity index (χ2v) is 14.1. The highest BCUT2D eigenvalue weighted by Crippen LogP contribution is 2.43. The second kappa shape index (κ2) is 9.04. The highest BCUT2D eigenvalue weighted by Gasteiger charge is 2.20. The zero-order chi connectivity index (χ0) is 29.9. The molecule has 11 rings (SSSR count). The molecule has 0 aliphatic carbocycles. The molecular formula is C41H23N3S2. The Bertz CT molecular complexity index is 3040. The number of para-hydroxylation sites is 2. The van der Waals surface area contributed by atoms with Gasteiger partial charge in [0.05, 0.1) is 32.3 Å². The number of nitrogens with zero attached hydrogens (tertiary/aromatic N) is 3. The molecule has 5 heteroatoms. The van der Waals surface area contributed by atoms with Crippen molar-refractivity contribution in [2.75, 3.05) is 0 Å². The molecule has 0 aliphatic heterocycles. The zero-order valence-electron chi connectivity index (χ0n) is 24.4. The number of rotatable bonds is 2. The van der Waals surface area contributed by atoms with Crippen molar-refractivity contribution >= 4 is 107 Å². The Kier molecular flexibility index (Phi) is 4.87. The Morgan fingerprint density at radius 2 is 1.09 bits per heavy atom. The van der Waals surface area contributed by atoms with Gasteiger partial charge in [-0.15, -0.1) is 11.3 Å². The maximum atomic E-state index is 5.37. The molecular weight excluding hydrogens is 599 g/mol. The number of benzene rings is 7. The van der Waals surface area contributed by atoms with Crippen molar-refractivity contribution in [1.82, 2.24) is 14.1 Å². The van der Waals surface area contributed by atoms with Gasteiger partial charge in [0.25, 0.3) is 0 Å². The maximum Gasteiger partial charge on any atom is 0.195 e. The first kappa shape index (κ1) is 24.8. The van der Waals surface area contributed by atoms with E-state index >= 15 is 0 Å². The van der Waals surface area contributed by atoms with Crippen LogP contribution in [0.1, 0.15) is 0 Å². The third-order valence-corrected chi connectivity index (χ3v) is 11.7. The van der Waals surface area contributed by atoms with Gasteiger partial charge in [0, 0.05) is 47.4 Å². The number of thiazole rings is 1. The lowest BCUT2D eigenvalue weighted by Crippen LogP contribution is -1.95. The monoisotopic (exact) mass is 621 g/mol. The van der Waals surface area contributed by atoms with E-state index < -0.39 is 0 Å². The van der Waals surface area contributed by atoms with E-state index in [1.54, 1.807) is 11.3 Å². The van der Waals surface area contributed by atoms with Crippen molar-refractivity contribution < 1.29 is 0 Å². The molecule has 0 radical (unpaired) electrons. The van der Waals surface area contributed by atoms with Crippen molar-refractivity contribution in [2.24, 2.45) is 0 Å². The molecule has 4 heterocycles. The standard InChI is InChI=1S/C41H23N3S2/c1-2-10-26-24(9-1)17-19-34-38(26)28-12-4-7-15-32(28)43(34)25-18-20-33-30(23-25)27-11-3-6-14-31(27)44(33)41-42-40-37(46-41)22-21-36-39(40)29-13-5-8-16-35(29)45-36/h1-23H. The third kappa shape index (κ3) is 3.23. The van der Waals surface area contributed by atoms with E-state index in [4.69, 9.17) is 4.98 Å². The average molecular weight is 622 g/mol. The Balaban J connectivity index is 1.19. The van der Waals surface area contributed by atoms with Crippen LogP contribution in [-0.4, -0.2) is 14.1 Å². The fraction of sp³-hybridized carbons (Fsp3) is 0. The van der Waals surface area contributed by atoms with E-state index in [9.17, 15) is 0 Å². The minimum atomic E-state index is 1.00. The van der Waals surface area contributed by atoms with Gasteiger partial charge in [-0.2, -0.15) is 0 Å². The fourth-order valence-electron chi connectivity index (χ4n) is 7.61. The normalized spacial score (nSPS) is 12.3. The SMILES string of the molecule is c1ccc2c(c1)ccc1c2c2ccccc2n1-c1ccc2c(c1)c1ccccc1n2-c1nc2c(ccc3sc4ccccc4c32)s1. The first-order valence-electron chi connectivity index (χ1n) is 15.5. The average Bonchev–Trinajstić information content (AvgIpc) is 3.86. The van der Waals surface area contributed by atoms with Gasteiger partial charge >= 0.3 is 0 Å². The van der Waals surface area contributed by atoms with Crippen molar-refractivity contribution in [2.45, 2.75) is 0 Å². The van der Waals surface area contributed by atoms with Gasteiger partial charge in [0.2, 0.25) is 0 Å². The maximum absolute atomic E-state index is 5.37. The van der Waals surface area contributed by atoms with Crippen LogP contribution in [0.5, 0.6) is 0 Å².